The van der Waals surface area contributed by atoms with E-state index < -0.39 is 58.4 Å². The third-order valence-electron chi connectivity index (χ3n) is 7.19. The van der Waals surface area contributed by atoms with Crippen LogP contribution in [0.25, 0.3) is 10.8 Å². The van der Waals surface area contributed by atoms with Gasteiger partial charge >= 0.3 is 0 Å². The Morgan fingerprint density at radius 2 is 1.42 bits per heavy atom. The van der Waals surface area contributed by atoms with Gasteiger partial charge in [-0.05, 0) is 55.0 Å². The van der Waals surface area contributed by atoms with Gasteiger partial charge in [0.05, 0.1) is 44.3 Å². The number of ether oxygens (including phenoxy) is 1. The molecule has 0 amide bonds. The van der Waals surface area contributed by atoms with Crippen molar-refractivity contribution in [2.45, 2.75) is 21.6 Å². The van der Waals surface area contributed by atoms with Crippen LogP contribution in [0, 0.1) is 17.0 Å². The standard InChI is InChI=1S/C30H24N8O11S3/c1-15-11-21(23(49-2)13-20(15)34-33-19-5-3-4-6-26(19)52(46,47)48)35-36-22-14-24(50(42)43)18-12-25(51(44)45)29(30(39)27(18)28(22)31)37-32-16-7-9-17(10-8-16)38(40)41/h3-14,39H,31H2,1-2H3,(H,42,43)(H,44,45)(H,46,47,48). The molecule has 0 bridgehead atoms. The molecule has 0 aliphatic heterocycles. The number of nitrogens with zero attached hydrogens (tertiary/aromatic N) is 7. The number of aromatic hydroxyl groups is 1. The Bertz CT molecular complexity index is 2510. The molecule has 0 fully saturated rings. The zero-order chi connectivity index (χ0) is 37.9. The first-order valence-corrected chi connectivity index (χ1v) is 17.8. The Morgan fingerprint density at radius 1 is 0.808 bits per heavy atom. The van der Waals surface area contributed by atoms with E-state index in [-0.39, 0.29) is 61.2 Å². The van der Waals surface area contributed by atoms with Gasteiger partial charge in [-0.3, -0.25) is 14.7 Å². The van der Waals surface area contributed by atoms with Crippen molar-refractivity contribution in [3.63, 3.8) is 0 Å². The second kappa shape index (κ2) is 15.1. The number of aryl methyl sites for hydroxylation is 1. The van der Waals surface area contributed by atoms with Gasteiger partial charge in [0.25, 0.3) is 15.8 Å². The average Bonchev–Trinajstić information content (AvgIpc) is 3.09. The molecule has 5 aromatic rings. The summed E-state index contributed by atoms with van der Waals surface area (Å²) in [5, 5.41) is 45.9. The third kappa shape index (κ3) is 7.85. The third-order valence-corrected chi connectivity index (χ3v) is 9.49. The number of azo groups is 3. The molecule has 6 N–H and O–H groups in total. The van der Waals surface area contributed by atoms with Gasteiger partial charge in [0.15, 0.2) is 27.9 Å². The first-order chi connectivity index (χ1) is 24.6. The number of methoxy groups -OCH3 is 1. The lowest BCUT2D eigenvalue weighted by Gasteiger charge is -2.14. The number of nitrogen functional groups attached to an aromatic ring is 1. The van der Waals surface area contributed by atoms with Crippen LogP contribution in [0.4, 0.5) is 45.5 Å². The highest BCUT2D eigenvalue weighted by Gasteiger charge is 2.24. The Balaban J connectivity index is 1.59. The topological polar surface area (TPSA) is 302 Å². The number of fused-ring (bicyclic) bond motifs is 1. The van der Waals surface area contributed by atoms with Crippen LogP contribution >= 0.6 is 0 Å². The van der Waals surface area contributed by atoms with Gasteiger partial charge < -0.3 is 24.7 Å². The van der Waals surface area contributed by atoms with Gasteiger partial charge in [-0.1, -0.05) is 12.1 Å². The zero-order valence-electron chi connectivity index (χ0n) is 26.5. The van der Waals surface area contributed by atoms with Crippen molar-refractivity contribution in [2.24, 2.45) is 30.7 Å². The van der Waals surface area contributed by atoms with E-state index in [0.717, 1.165) is 30.3 Å². The molecule has 2 unspecified atom stereocenters. The van der Waals surface area contributed by atoms with Crippen molar-refractivity contribution in [1.29, 1.82) is 0 Å². The van der Waals surface area contributed by atoms with Gasteiger partial charge in [-0.15, -0.1) is 20.5 Å². The van der Waals surface area contributed by atoms with Crippen LogP contribution < -0.4 is 10.5 Å². The fourth-order valence-corrected chi connectivity index (χ4v) is 6.41. The van der Waals surface area contributed by atoms with E-state index in [0.29, 0.717) is 5.56 Å². The number of nitro benzene ring substituents is 1. The number of phenolic OH excluding ortho intramolecular Hbond substituents is 1. The number of hydrogen-bond acceptors (Lipinski definition) is 15. The Morgan fingerprint density at radius 3 is 2.04 bits per heavy atom. The Kier molecular flexibility index (Phi) is 10.9. The molecule has 0 spiro atoms. The quantitative estimate of drug-likeness (QED) is 0.0213. The van der Waals surface area contributed by atoms with Crippen molar-refractivity contribution >= 4 is 88.6 Å². The summed E-state index contributed by atoms with van der Waals surface area (Å²) >= 11 is -5.54. The number of anilines is 1. The van der Waals surface area contributed by atoms with Crippen LogP contribution in [0.5, 0.6) is 11.5 Å². The average molecular weight is 769 g/mol. The second-order valence-electron chi connectivity index (χ2n) is 10.4. The van der Waals surface area contributed by atoms with Gasteiger partial charge in [-0.2, -0.15) is 18.6 Å². The second-order valence-corrected chi connectivity index (χ2v) is 13.7. The maximum Gasteiger partial charge on any atom is 0.296 e. The molecule has 22 heteroatoms. The smallest absolute Gasteiger partial charge is 0.296 e. The summed E-state index contributed by atoms with van der Waals surface area (Å²) in [6.07, 6.45) is 0. The number of phenols is 1. The van der Waals surface area contributed by atoms with E-state index in [1.165, 1.54) is 49.6 Å². The van der Waals surface area contributed by atoms with E-state index >= 15 is 0 Å². The molecule has 0 radical (unpaired) electrons. The van der Waals surface area contributed by atoms with E-state index in [9.17, 15) is 45.7 Å². The minimum atomic E-state index is -4.58. The van der Waals surface area contributed by atoms with Crippen LogP contribution in [0.1, 0.15) is 5.56 Å². The maximum atomic E-state index is 12.4. The van der Waals surface area contributed by atoms with Gasteiger partial charge in [0, 0.05) is 23.6 Å². The van der Waals surface area contributed by atoms with E-state index in [1.54, 1.807) is 6.92 Å². The van der Waals surface area contributed by atoms with E-state index in [2.05, 4.69) is 30.7 Å². The monoisotopic (exact) mass is 768 g/mol. The molecular weight excluding hydrogens is 745 g/mol. The molecule has 5 aromatic carbocycles. The normalized spacial score (nSPS) is 13.3. The fraction of sp³-hybridized carbons (Fsp3) is 0.0667. The SMILES string of the molecule is COc1cc(N=Nc2ccccc2S(=O)(=O)O)c(C)cc1N=Nc1cc(S(=O)O)c2cc(S(=O)O)c(N=Nc3ccc([N+](=O)[O-])cc3)c(O)c2c1N. The number of nitro groups is 1. The van der Waals surface area contributed by atoms with Crippen LogP contribution in [-0.2, 0) is 32.3 Å². The number of benzene rings is 5. The van der Waals surface area contributed by atoms with Crippen molar-refractivity contribution in [3.05, 3.63) is 88.5 Å². The lowest BCUT2D eigenvalue weighted by Crippen LogP contribution is -1.98. The van der Waals surface area contributed by atoms with Crippen LogP contribution in [0.3, 0.4) is 0 Å². The van der Waals surface area contributed by atoms with Crippen molar-refractivity contribution in [2.75, 3.05) is 12.8 Å². The lowest BCUT2D eigenvalue weighted by molar-refractivity contribution is -0.384. The highest BCUT2D eigenvalue weighted by molar-refractivity contribution is 7.86. The predicted octanol–water partition coefficient (Wildman–Crippen LogP) is 8.01. The number of non-ortho nitro benzene ring substituents is 1. The molecule has 2 atom stereocenters. The Labute approximate surface area is 298 Å². The molecule has 19 nitrogen and oxygen atoms in total. The van der Waals surface area contributed by atoms with Crippen LogP contribution in [0.15, 0.2) is 118 Å². The van der Waals surface area contributed by atoms with E-state index in [1.807, 2.05) is 0 Å². The number of nitrogens with two attached hydrogens (primary N) is 1. The van der Waals surface area contributed by atoms with Gasteiger partial charge in [0.2, 0.25) is 0 Å². The number of hydrogen-bond donors (Lipinski definition) is 5. The lowest BCUT2D eigenvalue weighted by atomic mass is 10.0. The highest BCUT2D eigenvalue weighted by atomic mass is 32.2. The molecule has 0 saturated carbocycles. The van der Waals surface area contributed by atoms with Crippen molar-refractivity contribution < 1.29 is 45.3 Å². The first kappa shape index (κ1) is 37.3. The molecule has 5 rings (SSSR count). The summed E-state index contributed by atoms with van der Waals surface area (Å²) < 4.78 is 83.2. The van der Waals surface area contributed by atoms with Gasteiger partial charge in [0.1, 0.15) is 33.4 Å². The minimum absolute atomic E-state index is 0.0899. The minimum Gasteiger partial charge on any atom is -0.505 e. The summed E-state index contributed by atoms with van der Waals surface area (Å²) in [6, 6.07) is 15.3. The summed E-state index contributed by atoms with van der Waals surface area (Å²) in [5.74, 6) is -0.677. The Hall–Kier alpha value is -5.91. The molecule has 0 saturated heterocycles. The maximum absolute atomic E-state index is 12.4. The summed E-state index contributed by atoms with van der Waals surface area (Å²) in [5.41, 5.74) is 5.95. The summed E-state index contributed by atoms with van der Waals surface area (Å²) in [7, 11) is -3.25. The molecule has 0 heterocycles. The first-order valence-electron chi connectivity index (χ1n) is 14.2. The molecular formula is C30H24N8O11S3. The van der Waals surface area contributed by atoms with Crippen LogP contribution in [-0.4, -0.2) is 47.6 Å². The van der Waals surface area contributed by atoms with Gasteiger partial charge in [-0.25, -0.2) is 8.42 Å². The predicted molar refractivity (Wildman–Crippen MR) is 188 cm³/mol. The van der Waals surface area contributed by atoms with E-state index in [4.69, 9.17) is 10.5 Å². The molecule has 0 aromatic heterocycles. The molecule has 52 heavy (non-hydrogen) atoms. The van der Waals surface area contributed by atoms with Crippen molar-refractivity contribution in [1.82, 2.24) is 0 Å². The molecule has 268 valence electrons. The summed E-state index contributed by atoms with van der Waals surface area (Å²) in [4.78, 5) is 9.04. The largest absolute Gasteiger partial charge is 0.505 e. The van der Waals surface area contributed by atoms with Crippen LogP contribution in [0.2, 0.25) is 0 Å². The van der Waals surface area contributed by atoms with Crippen molar-refractivity contribution in [3.8, 4) is 11.5 Å². The molecule has 0 aliphatic rings. The molecule has 0 aliphatic carbocycles. The number of rotatable bonds is 11. The fourth-order valence-electron chi connectivity index (χ4n) is 4.70. The summed E-state index contributed by atoms with van der Waals surface area (Å²) in [6.45, 7) is 1.63. The zero-order valence-corrected chi connectivity index (χ0v) is 29.0. The highest BCUT2D eigenvalue weighted by Crippen LogP contribution is 2.48.